The molecule has 0 fully saturated rings. The van der Waals surface area contributed by atoms with E-state index in [0.717, 1.165) is 22.6 Å². The van der Waals surface area contributed by atoms with Crippen LogP contribution in [0.4, 0.5) is 0 Å². The Kier molecular flexibility index (Phi) is 5.47. The molecular formula is C17H18N2O5. The molecule has 0 aliphatic carbocycles. The Labute approximate surface area is 139 Å². The standard InChI is InChI=1S/C17H18N2O5/c1-11(19-14(20)8-9-15(19)21)16(22)18-13(17(23)24-2)10-12-6-4-3-5-7-12/h3-9,11,13H,10H2,1-2H3,(H,18,22)/t11-,13-/m0/s1. The largest absolute Gasteiger partial charge is 0.467 e. The van der Waals surface area contributed by atoms with Gasteiger partial charge in [0.15, 0.2) is 0 Å². The highest BCUT2D eigenvalue weighted by Crippen LogP contribution is 2.10. The molecule has 1 aromatic carbocycles. The first-order valence-corrected chi connectivity index (χ1v) is 7.41. The molecule has 7 heteroatoms. The number of ether oxygens (including phenoxy) is 1. The molecule has 0 aromatic heterocycles. The van der Waals surface area contributed by atoms with Crippen molar-refractivity contribution in [3.8, 4) is 0 Å². The third-order valence-electron chi connectivity index (χ3n) is 3.69. The van der Waals surface area contributed by atoms with Gasteiger partial charge in [-0.2, -0.15) is 0 Å². The summed E-state index contributed by atoms with van der Waals surface area (Å²) in [6.45, 7) is 1.43. The third-order valence-corrected chi connectivity index (χ3v) is 3.69. The van der Waals surface area contributed by atoms with Crippen molar-refractivity contribution in [2.24, 2.45) is 0 Å². The SMILES string of the molecule is COC(=O)[C@H](Cc1ccccc1)NC(=O)[C@H](C)N1C(=O)C=CC1=O. The van der Waals surface area contributed by atoms with Gasteiger partial charge in [0.2, 0.25) is 5.91 Å². The Hall–Kier alpha value is -2.96. The van der Waals surface area contributed by atoms with Crippen LogP contribution >= 0.6 is 0 Å². The minimum absolute atomic E-state index is 0.242. The fourth-order valence-electron chi connectivity index (χ4n) is 2.39. The van der Waals surface area contributed by atoms with Gasteiger partial charge in [-0.1, -0.05) is 30.3 Å². The molecule has 1 N–H and O–H groups in total. The van der Waals surface area contributed by atoms with Gasteiger partial charge in [-0.25, -0.2) is 4.79 Å². The number of hydrogen-bond donors (Lipinski definition) is 1. The number of carbonyl (C=O) groups is 4. The molecule has 3 amide bonds. The minimum Gasteiger partial charge on any atom is -0.467 e. The van der Waals surface area contributed by atoms with Crippen LogP contribution < -0.4 is 5.32 Å². The zero-order chi connectivity index (χ0) is 17.7. The Morgan fingerprint density at radius 2 is 1.71 bits per heavy atom. The van der Waals surface area contributed by atoms with Crippen molar-refractivity contribution in [1.29, 1.82) is 0 Å². The van der Waals surface area contributed by atoms with E-state index in [2.05, 4.69) is 5.32 Å². The molecule has 0 radical (unpaired) electrons. The summed E-state index contributed by atoms with van der Waals surface area (Å²) in [6, 6.07) is 7.19. The van der Waals surface area contributed by atoms with Crippen LogP contribution in [-0.4, -0.2) is 47.8 Å². The lowest BCUT2D eigenvalue weighted by atomic mass is 10.1. The van der Waals surface area contributed by atoms with E-state index in [9.17, 15) is 19.2 Å². The van der Waals surface area contributed by atoms with Crippen LogP contribution in [0.1, 0.15) is 12.5 Å². The van der Waals surface area contributed by atoms with E-state index in [4.69, 9.17) is 4.74 Å². The Morgan fingerprint density at radius 1 is 1.12 bits per heavy atom. The van der Waals surface area contributed by atoms with Gasteiger partial charge in [-0.3, -0.25) is 19.3 Å². The van der Waals surface area contributed by atoms with Gasteiger partial charge in [0.25, 0.3) is 11.8 Å². The summed E-state index contributed by atoms with van der Waals surface area (Å²) in [6.07, 6.45) is 2.45. The van der Waals surface area contributed by atoms with Crippen molar-refractivity contribution in [1.82, 2.24) is 10.2 Å². The molecule has 0 saturated carbocycles. The van der Waals surface area contributed by atoms with Crippen LogP contribution in [0.5, 0.6) is 0 Å². The smallest absolute Gasteiger partial charge is 0.328 e. The maximum atomic E-state index is 12.3. The van der Waals surface area contributed by atoms with Crippen LogP contribution in [0.25, 0.3) is 0 Å². The highest BCUT2D eigenvalue weighted by Gasteiger charge is 2.34. The van der Waals surface area contributed by atoms with Gasteiger partial charge in [0.1, 0.15) is 12.1 Å². The molecule has 0 unspecified atom stereocenters. The normalized spacial score (nSPS) is 16.0. The first-order chi connectivity index (χ1) is 11.4. The van der Waals surface area contributed by atoms with Gasteiger partial charge in [-0.15, -0.1) is 0 Å². The number of esters is 1. The molecule has 1 aromatic rings. The van der Waals surface area contributed by atoms with E-state index in [1.165, 1.54) is 14.0 Å². The van der Waals surface area contributed by atoms with E-state index in [-0.39, 0.29) is 6.42 Å². The van der Waals surface area contributed by atoms with Gasteiger partial charge in [0, 0.05) is 18.6 Å². The summed E-state index contributed by atoms with van der Waals surface area (Å²) in [5.74, 6) is -2.32. The second-order valence-electron chi connectivity index (χ2n) is 5.33. The lowest BCUT2D eigenvalue weighted by molar-refractivity contribution is -0.147. The van der Waals surface area contributed by atoms with E-state index in [1.54, 1.807) is 0 Å². The Morgan fingerprint density at radius 3 is 2.25 bits per heavy atom. The van der Waals surface area contributed by atoms with Gasteiger partial charge < -0.3 is 10.1 Å². The zero-order valence-electron chi connectivity index (χ0n) is 13.4. The van der Waals surface area contributed by atoms with Crippen molar-refractivity contribution < 1.29 is 23.9 Å². The molecular weight excluding hydrogens is 312 g/mol. The molecule has 1 aliphatic rings. The summed E-state index contributed by atoms with van der Waals surface area (Å²) in [5.41, 5.74) is 0.843. The first-order valence-electron chi connectivity index (χ1n) is 7.41. The van der Waals surface area contributed by atoms with E-state index in [0.29, 0.717) is 0 Å². The fraction of sp³-hybridized carbons (Fsp3) is 0.294. The molecule has 0 bridgehead atoms. The number of rotatable bonds is 6. The average molecular weight is 330 g/mol. The maximum absolute atomic E-state index is 12.3. The van der Waals surface area contributed by atoms with Crippen molar-refractivity contribution in [2.45, 2.75) is 25.4 Å². The highest BCUT2D eigenvalue weighted by molar-refractivity contribution is 6.15. The number of imide groups is 1. The first kappa shape index (κ1) is 17.4. The molecule has 1 heterocycles. The van der Waals surface area contributed by atoms with E-state index in [1.807, 2.05) is 30.3 Å². The summed E-state index contributed by atoms with van der Waals surface area (Å²) in [4.78, 5) is 48.4. The highest BCUT2D eigenvalue weighted by atomic mass is 16.5. The third kappa shape index (κ3) is 3.87. The van der Waals surface area contributed by atoms with Crippen molar-refractivity contribution in [2.75, 3.05) is 7.11 Å². The number of nitrogens with zero attached hydrogens (tertiary/aromatic N) is 1. The molecule has 0 spiro atoms. The zero-order valence-corrected chi connectivity index (χ0v) is 13.4. The monoisotopic (exact) mass is 330 g/mol. The molecule has 7 nitrogen and oxygen atoms in total. The minimum atomic E-state index is -1.03. The Balaban J connectivity index is 2.08. The average Bonchev–Trinajstić information content (AvgIpc) is 2.92. The van der Waals surface area contributed by atoms with E-state index >= 15 is 0 Å². The van der Waals surface area contributed by atoms with Gasteiger partial charge in [0.05, 0.1) is 7.11 Å². The van der Waals surface area contributed by atoms with Crippen LogP contribution in [0, 0.1) is 0 Å². The summed E-state index contributed by atoms with van der Waals surface area (Å²) >= 11 is 0. The maximum Gasteiger partial charge on any atom is 0.328 e. The second kappa shape index (κ2) is 7.54. The van der Waals surface area contributed by atoms with Crippen LogP contribution in [-0.2, 0) is 30.3 Å². The number of carbonyl (C=O) groups excluding carboxylic acids is 4. The lowest BCUT2D eigenvalue weighted by Crippen LogP contribution is -2.52. The predicted molar refractivity (Wildman–Crippen MR) is 84.5 cm³/mol. The quantitative estimate of drug-likeness (QED) is 0.594. The molecule has 0 saturated heterocycles. The summed E-state index contributed by atoms with van der Waals surface area (Å²) < 4.78 is 4.72. The number of methoxy groups -OCH3 is 1. The van der Waals surface area contributed by atoms with Crippen molar-refractivity contribution in [3.05, 3.63) is 48.0 Å². The van der Waals surface area contributed by atoms with Crippen LogP contribution in [0.3, 0.4) is 0 Å². The molecule has 24 heavy (non-hydrogen) atoms. The van der Waals surface area contributed by atoms with Crippen LogP contribution in [0.2, 0.25) is 0 Å². The molecule has 2 atom stereocenters. The lowest BCUT2D eigenvalue weighted by Gasteiger charge is -2.24. The number of amides is 3. The molecule has 1 aliphatic heterocycles. The topological polar surface area (TPSA) is 92.8 Å². The number of hydrogen-bond acceptors (Lipinski definition) is 5. The summed E-state index contributed by atoms with van der Waals surface area (Å²) in [7, 11) is 1.23. The Bertz CT molecular complexity index is 665. The van der Waals surface area contributed by atoms with Gasteiger partial charge >= 0.3 is 5.97 Å². The molecule has 126 valence electrons. The second-order valence-corrected chi connectivity index (χ2v) is 5.33. The van der Waals surface area contributed by atoms with Crippen molar-refractivity contribution in [3.63, 3.8) is 0 Å². The van der Waals surface area contributed by atoms with Gasteiger partial charge in [-0.05, 0) is 12.5 Å². The summed E-state index contributed by atoms with van der Waals surface area (Å²) in [5, 5.41) is 2.55. The fourth-order valence-corrected chi connectivity index (χ4v) is 2.39. The van der Waals surface area contributed by atoms with Crippen molar-refractivity contribution >= 4 is 23.7 Å². The van der Waals surface area contributed by atoms with Crippen LogP contribution in [0.15, 0.2) is 42.5 Å². The van der Waals surface area contributed by atoms with E-state index < -0.39 is 35.8 Å². The predicted octanol–water partition coefficient (Wildman–Crippen LogP) is 0.200. The molecule has 2 rings (SSSR count). The number of nitrogens with one attached hydrogen (secondary N) is 1. The number of benzene rings is 1.